The Morgan fingerprint density at radius 3 is 2.73 bits per heavy atom. The molecule has 1 fully saturated rings. The van der Waals surface area contributed by atoms with Crippen molar-refractivity contribution >= 4 is 15.9 Å². The minimum atomic E-state index is -3.39. The number of sulfonamides is 1. The minimum absolute atomic E-state index is 0.0979. The molecule has 124 valence electrons. The van der Waals surface area contributed by atoms with Crippen LogP contribution >= 0.6 is 0 Å². The van der Waals surface area contributed by atoms with Gasteiger partial charge in [-0.2, -0.15) is 5.10 Å². The van der Waals surface area contributed by atoms with E-state index in [4.69, 9.17) is 0 Å². The van der Waals surface area contributed by atoms with Crippen molar-refractivity contribution < 1.29 is 18.3 Å². The summed E-state index contributed by atoms with van der Waals surface area (Å²) in [4.78, 5) is 13.7. The standard InChI is InChI=1S/C13H22N4O4S/c1-15(2)22(20,21)10-11-8-16(9-12(11)18)13(19)4-7-17-6-3-5-14-17/h3,5-6,11-12,18H,4,7-10H2,1-2H3/t11-,12+/m0/s1. The van der Waals surface area contributed by atoms with Crippen LogP contribution in [0.1, 0.15) is 6.42 Å². The Hall–Kier alpha value is -1.45. The lowest BCUT2D eigenvalue weighted by atomic mass is 10.1. The highest BCUT2D eigenvalue weighted by molar-refractivity contribution is 7.89. The zero-order chi connectivity index (χ0) is 16.3. The third-order valence-electron chi connectivity index (χ3n) is 3.85. The molecule has 9 heteroatoms. The quantitative estimate of drug-likeness (QED) is 0.720. The highest BCUT2D eigenvalue weighted by Gasteiger charge is 2.37. The van der Waals surface area contributed by atoms with Gasteiger partial charge in [-0.15, -0.1) is 0 Å². The fourth-order valence-corrected chi connectivity index (χ4v) is 3.61. The Labute approximate surface area is 130 Å². The molecular formula is C13H22N4O4S. The second kappa shape index (κ2) is 6.76. The fourth-order valence-electron chi connectivity index (χ4n) is 2.44. The molecule has 1 amide bonds. The van der Waals surface area contributed by atoms with Crippen molar-refractivity contribution in [3.05, 3.63) is 18.5 Å². The van der Waals surface area contributed by atoms with Crippen LogP contribution < -0.4 is 0 Å². The van der Waals surface area contributed by atoms with Crippen LogP contribution in [0, 0.1) is 5.92 Å². The first kappa shape index (κ1) is 16.9. The molecule has 1 N–H and O–H groups in total. The first-order chi connectivity index (χ1) is 10.3. The van der Waals surface area contributed by atoms with E-state index < -0.39 is 22.0 Å². The number of carbonyl (C=O) groups excluding carboxylic acids is 1. The van der Waals surface area contributed by atoms with Crippen LogP contribution in [0.2, 0.25) is 0 Å². The van der Waals surface area contributed by atoms with E-state index in [-0.39, 0.29) is 31.2 Å². The van der Waals surface area contributed by atoms with E-state index in [0.717, 1.165) is 4.31 Å². The maximum Gasteiger partial charge on any atom is 0.224 e. The van der Waals surface area contributed by atoms with E-state index in [1.54, 1.807) is 23.1 Å². The van der Waals surface area contributed by atoms with Gasteiger partial charge in [0.25, 0.3) is 0 Å². The Morgan fingerprint density at radius 2 is 2.14 bits per heavy atom. The van der Waals surface area contributed by atoms with Gasteiger partial charge < -0.3 is 10.0 Å². The number of aromatic nitrogens is 2. The van der Waals surface area contributed by atoms with Gasteiger partial charge in [-0.3, -0.25) is 9.48 Å². The maximum atomic E-state index is 12.1. The average Bonchev–Trinajstić information content (AvgIpc) is 3.06. The average molecular weight is 330 g/mol. The maximum absolute atomic E-state index is 12.1. The van der Waals surface area contributed by atoms with Crippen molar-refractivity contribution in [1.82, 2.24) is 19.0 Å². The van der Waals surface area contributed by atoms with Gasteiger partial charge >= 0.3 is 0 Å². The summed E-state index contributed by atoms with van der Waals surface area (Å²) in [6.07, 6.45) is 2.90. The van der Waals surface area contributed by atoms with Gasteiger partial charge in [0.05, 0.1) is 11.9 Å². The summed E-state index contributed by atoms with van der Waals surface area (Å²) in [5.74, 6) is -0.690. The normalized spacial score (nSPS) is 22.5. The Morgan fingerprint density at radius 1 is 1.41 bits per heavy atom. The zero-order valence-electron chi connectivity index (χ0n) is 12.8. The lowest BCUT2D eigenvalue weighted by molar-refractivity contribution is -0.130. The van der Waals surface area contributed by atoms with Gasteiger partial charge in [0.15, 0.2) is 0 Å². The lowest BCUT2D eigenvalue weighted by Gasteiger charge is -2.18. The number of nitrogens with zero attached hydrogens (tertiary/aromatic N) is 4. The molecule has 1 saturated heterocycles. The fraction of sp³-hybridized carbons (Fsp3) is 0.692. The molecular weight excluding hydrogens is 308 g/mol. The Balaban J connectivity index is 1.88. The smallest absolute Gasteiger partial charge is 0.224 e. The number of aliphatic hydroxyl groups excluding tert-OH is 1. The predicted octanol–water partition coefficient (Wildman–Crippen LogP) is -1.02. The van der Waals surface area contributed by atoms with Crippen LogP contribution in [0.5, 0.6) is 0 Å². The van der Waals surface area contributed by atoms with Crippen LogP contribution in [0.3, 0.4) is 0 Å². The van der Waals surface area contributed by atoms with E-state index in [2.05, 4.69) is 5.10 Å². The molecule has 2 rings (SSSR count). The summed E-state index contributed by atoms with van der Waals surface area (Å²) >= 11 is 0. The third kappa shape index (κ3) is 4.05. The van der Waals surface area contributed by atoms with Crippen molar-refractivity contribution in [3.63, 3.8) is 0 Å². The molecule has 0 aromatic carbocycles. The van der Waals surface area contributed by atoms with Gasteiger partial charge in [-0.1, -0.05) is 0 Å². The molecule has 0 unspecified atom stereocenters. The van der Waals surface area contributed by atoms with Crippen LogP contribution in [0.25, 0.3) is 0 Å². The topological polar surface area (TPSA) is 95.7 Å². The summed E-state index contributed by atoms with van der Waals surface area (Å²) in [6.45, 7) is 0.927. The van der Waals surface area contributed by atoms with Crippen molar-refractivity contribution in [1.29, 1.82) is 0 Å². The Bertz CT molecular complexity index is 600. The molecule has 0 aliphatic carbocycles. The number of carbonyl (C=O) groups is 1. The second-order valence-electron chi connectivity index (χ2n) is 5.71. The van der Waals surface area contributed by atoms with E-state index in [9.17, 15) is 18.3 Å². The third-order valence-corrected chi connectivity index (χ3v) is 5.82. The molecule has 1 aliphatic heterocycles. The summed E-state index contributed by atoms with van der Waals surface area (Å²) < 4.78 is 26.6. The zero-order valence-corrected chi connectivity index (χ0v) is 13.6. The number of aliphatic hydroxyl groups is 1. The van der Waals surface area contributed by atoms with Crippen LogP contribution in [0.15, 0.2) is 18.5 Å². The van der Waals surface area contributed by atoms with E-state index in [1.807, 2.05) is 0 Å². The number of amides is 1. The van der Waals surface area contributed by atoms with Crippen LogP contribution in [-0.4, -0.2) is 77.5 Å². The number of β-amino-alcohol motifs (C(OH)–C–C–N with tert-alkyl or cyclic N) is 1. The summed E-state index contributed by atoms with van der Waals surface area (Å²) in [7, 11) is -0.466. The van der Waals surface area contributed by atoms with Crippen molar-refractivity contribution in [2.24, 2.45) is 5.92 Å². The second-order valence-corrected chi connectivity index (χ2v) is 7.93. The van der Waals surface area contributed by atoms with E-state index in [1.165, 1.54) is 19.0 Å². The van der Waals surface area contributed by atoms with Crippen molar-refractivity contribution in [2.75, 3.05) is 32.9 Å². The lowest BCUT2D eigenvalue weighted by Crippen LogP contribution is -2.33. The van der Waals surface area contributed by atoms with E-state index >= 15 is 0 Å². The molecule has 22 heavy (non-hydrogen) atoms. The molecule has 1 aromatic rings. The summed E-state index contributed by atoms with van der Waals surface area (Å²) in [5, 5.41) is 14.0. The minimum Gasteiger partial charge on any atom is -0.391 e. The van der Waals surface area contributed by atoms with Gasteiger partial charge in [-0.25, -0.2) is 12.7 Å². The SMILES string of the molecule is CN(C)S(=O)(=O)C[C@@H]1CN(C(=O)CCn2cccn2)C[C@H]1O. The first-order valence-electron chi connectivity index (χ1n) is 7.13. The number of aryl methyl sites for hydroxylation is 1. The number of rotatable bonds is 6. The Kier molecular flexibility index (Phi) is 5.20. The molecule has 0 bridgehead atoms. The molecule has 2 heterocycles. The first-order valence-corrected chi connectivity index (χ1v) is 8.74. The van der Waals surface area contributed by atoms with Gasteiger partial charge in [0.2, 0.25) is 15.9 Å². The largest absolute Gasteiger partial charge is 0.391 e. The number of likely N-dealkylation sites (tertiary alicyclic amines) is 1. The highest BCUT2D eigenvalue weighted by atomic mass is 32.2. The molecule has 8 nitrogen and oxygen atoms in total. The van der Waals surface area contributed by atoms with Crippen molar-refractivity contribution in [2.45, 2.75) is 19.1 Å². The molecule has 0 saturated carbocycles. The van der Waals surface area contributed by atoms with Gasteiger partial charge in [-0.05, 0) is 6.07 Å². The molecule has 1 aliphatic rings. The van der Waals surface area contributed by atoms with Crippen LogP contribution in [-0.2, 0) is 21.4 Å². The van der Waals surface area contributed by atoms with Gasteiger partial charge in [0, 0.05) is 58.5 Å². The van der Waals surface area contributed by atoms with E-state index in [0.29, 0.717) is 6.54 Å². The summed E-state index contributed by atoms with van der Waals surface area (Å²) in [6, 6.07) is 1.78. The highest BCUT2D eigenvalue weighted by Crippen LogP contribution is 2.20. The van der Waals surface area contributed by atoms with Crippen molar-refractivity contribution in [3.8, 4) is 0 Å². The van der Waals surface area contributed by atoms with Gasteiger partial charge in [0.1, 0.15) is 0 Å². The number of hydrogen-bond acceptors (Lipinski definition) is 5. The predicted molar refractivity (Wildman–Crippen MR) is 80.4 cm³/mol. The molecule has 2 atom stereocenters. The number of hydrogen-bond donors (Lipinski definition) is 1. The monoisotopic (exact) mass is 330 g/mol. The molecule has 0 radical (unpaired) electrons. The molecule has 1 aromatic heterocycles. The molecule has 0 spiro atoms. The summed E-state index contributed by atoms with van der Waals surface area (Å²) in [5.41, 5.74) is 0. The van der Waals surface area contributed by atoms with Crippen LogP contribution in [0.4, 0.5) is 0 Å².